The minimum Gasteiger partial charge on any atom is -0.308 e. The summed E-state index contributed by atoms with van der Waals surface area (Å²) in [6, 6.07) is 72.7. The Kier molecular flexibility index (Phi) is 12.4. The van der Waals surface area contributed by atoms with Gasteiger partial charge in [0.1, 0.15) is 0 Å². The number of aromatic nitrogens is 5. The average Bonchev–Trinajstić information content (AvgIpc) is 4.08. The maximum absolute atomic E-state index is 16.1. The Bertz CT molecular complexity index is 4110. The van der Waals surface area contributed by atoms with Crippen molar-refractivity contribution in [3.05, 3.63) is 246 Å². The van der Waals surface area contributed by atoms with E-state index < -0.39 is 11.7 Å². The Hall–Kier alpha value is -11.3. The molecule has 12 aromatic rings. The molecule has 0 saturated carbocycles. The predicted octanol–water partition coefficient (Wildman–Crippen LogP) is 16.2. The molecule has 370 valence electrons. The first-order chi connectivity index (χ1) is 38.5. The second kappa shape index (κ2) is 20.1. The lowest BCUT2D eigenvalue weighted by molar-refractivity contribution is -0.137. The van der Waals surface area contributed by atoms with Crippen LogP contribution in [0.25, 0.3) is 118 Å². The summed E-state index contributed by atoms with van der Waals surface area (Å²) in [6.07, 6.45) is -4.90. The van der Waals surface area contributed by atoms with E-state index in [2.05, 4.69) is 24.3 Å². The number of halogens is 3. The smallest absolute Gasteiger partial charge is 0.308 e. The van der Waals surface area contributed by atoms with E-state index in [1.54, 1.807) is 36.4 Å². The fourth-order valence-electron chi connectivity index (χ4n) is 10.0. The third kappa shape index (κ3) is 9.36. The molecular weight excluding hydrogens is 988 g/mol. The summed E-state index contributed by atoms with van der Waals surface area (Å²) in [6.45, 7) is 0. The summed E-state index contributed by atoms with van der Waals surface area (Å²) >= 11 is 0. The zero-order valence-corrected chi connectivity index (χ0v) is 41.4. The van der Waals surface area contributed by atoms with Crippen molar-refractivity contribution >= 4 is 21.8 Å². The Morgan fingerprint density at radius 1 is 0.329 bits per heavy atom. The van der Waals surface area contributed by atoms with Gasteiger partial charge in [-0.05, 0) is 95.1 Å². The molecule has 0 unspecified atom stereocenters. The first-order valence-electron chi connectivity index (χ1n) is 24.8. The molecule has 0 aliphatic carbocycles. The van der Waals surface area contributed by atoms with Crippen LogP contribution in [0.5, 0.6) is 0 Å². The number of nitrogens with zero attached hydrogens (tertiary/aromatic N) is 9. The van der Waals surface area contributed by atoms with Crippen molar-refractivity contribution in [3.8, 4) is 120 Å². The van der Waals surface area contributed by atoms with Gasteiger partial charge >= 0.3 is 6.18 Å². The van der Waals surface area contributed by atoms with Gasteiger partial charge in [-0.25, -0.2) is 19.9 Å². The number of alkyl halides is 3. The first-order valence-corrected chi connectivity index (χ1v) is 24.8. The van der Waals surface area contributed by atoms with E-state index >= 15 is 13.2 Å². The van der Waals surface area contributed by atoms with Gasteiger partial charge in [-0.2, -0.15) is 34.2 Å². The lowest BCUT2D eigenvalue weighted by Gasteiger charge is -2.22. The van der Waals surface area contributed by atoms with Crippen LogP contribution in [0.15, 0.2) is 218 Å². The third-order valence-electron chi connectivity index (χ3n) is 13.7. The minimum atomic E-state index is -4.90. The van der Waals surface area contributed by atoms with Crippen LogP contribution in [0.2, 0.25) is 0 Å². The summed E-state index contributed by atoms with van der Waals surface area (Å²) in [4.78, 5) is 20.4. The number of nitriles is 4. The summed E-state index contributed by atoms with van der Waals surface area (Å²) < 4.78 is 50.2. The Labute approximate surface area is 450 Å². The van der Waals surface area contributed by atoms with E-state index in [1.165, 1.54) is 12.1 Å². The maximum Gasteiger partial charge on any atom is 0.416 e. The van der Waals surface area contributed by atoms with Gasteiger partial charge in [-0.1, -0.05) is 146 Å². The van der Waals surface area contributed by atoms with Crippen molar-refractivity contribution < 1.29 is 13.2 Å². The standard InChI is InChI=1S/C67H36F3N9/c68-67(69,70)53-33-56(60-35-58(45-13-5-1-6-14-45)75-65(77-60)47-17-9-3-10-18-47)64(57(34-53)61-36-59(46-15-7-2-8-16-46)76-66(78-61)48-19-11-4-12-20-48)79-62-31-49(51-27-41(37-71)25-42(28-51)38-72)21-23-54(62)55-24-22-50(32-63(55)79)52-29-43(39-73)26-44(30-52)40-74/h1-36H. The van der Waals surface area contributed by atoms with Crippen LogP contribution in [0.4, 0.5) is 13.2 Å². The number of hydrogen-bond acceptors (Lipinski definition) is 8. The molecule has 12 rings (SSSR count). The summed E-state index contributed by atoms with van der Waals surface area (Å²) in [5, 5.41) is 41.8. The quantitative estimate of drug-likeness (QED) is 0.139. The Morgan fingerprint density at radius 3 is 1.01 bits per heavy atom. The predicted molar refractivity (Wildman–Crippen MR) is 299 cm³/mol. The zero-order valence-electron chi connectivity index (χ0n) is 41.4. The van der Waals surface area contributed by atoms with Gasteiger partial charge in [-0.3, -0.25) is 0 Å². The molecule has 0 atom stereocenters. The molecule has 79 heavy (non-hydrogen) atoms. The average molecular weight is 1020 g/mol. The van der Waals surface area contributed by atoms with Gasteiger partial charge < -0.3 is 4.57 Å². The van der Waals surface area contributed by atoms with Crippen molar-refractivity contribution in [2.45, 2.75) is 6.18 Å². The molecule has 0 bridgehead atoms. The summed E-state index contributed by atoms with van der Waals surface area (Å²) in [7, 11) is 0. The highest BCUT2D eigenvalue weighted by Gasteiger charge is 2.35. The second-order valence-electron chi connectivity index (χ2n) is 18.7. The lowest BCUT2D eigenvalue weighted by Crippen LogP contribution is -2.10. The maximum atomic E-state index is 16.1. The monoisotopic (exact) mass is 1020 g/mol. The van der Waals surface area contributed by atoms with Crippen molar-refractivity contribution in [3.63, 3.8) is 0 Å². The molecule has 0 spiro atoms. The highest BCUT2D eigenvalue weighted by molar-refractivity contribution is 6.12. The first kappa shape index (κ1) is 48.6. The molecule has 0 N–H and O–H groups in total. The van der Waals surface area contributed by atoms with Crippen LogP contribution in [0.1, 0.15) is 27.8 Å². The molecule has 0 fully saturated rings. The van der Waals surface area contributed by atoms with E-state index in [9.17, 15) is 21.0 Å². The van der Waals surface area contributed by atoms with E-state index in [1.807, 2.05) is 162 Å². The zero-order chi connectivity index (χ0) is 54.2. The van der Waals surface area contributed by atoms with Crippen LogP contribution < -0.4 is 0 Å². The van der Waals surface area contributed by atoms with Crippen molar-refractivity contribution in [1.82, 2.24) is 24.5 Å². The van der Waals surface area contributed by atoms with Gasteiger partial charge in [0, 0.05) is 44.2 Å². The number of benzene rings is 9. The number of hydrogen-bond donors (Lipinski definition) is 0. The van der Waals surface area contributed by atoms with Crippen LogP contribution >= 0.6 is 0 Å². The van der Waals surface area contributed by atoms with Gasteiger partial charge in [0.15, 0.2) is 11.6 Å². The van der Waals surface area contributed by atoms with Gasteiger partial charge in [0.05, 0.1) is 91.6 Å². The van der Waals surface area contributed by atoms with Crippen LogP contribution in [0.3, 0.4) is 0 Å². The van der Waals surface area contributed by atoms with Crippen LogP contribution in [-0.4, -0.2) is 24.5 Å². The van der Waals surface area contributed by atoms with Crippen molar-refractivity contribution in [2.75, 3.05) is 0 Å². The topological polar surface area (TPSA) is 152 Å². The van der Waals surface area contributed by atoms with Crippen LogP contribution in [0, 0.1) is 45.3 Å². The fraction of sp³-hybridized carbons (Fsp3) is 0.0149. The van der Waals surface area contributed by atoms with E-state index in [-0.39, 0.29) is 62.1 Å². The number of rotatable bonds is 9. The largest absolute Gasteiger partial charge is 0.416 e. The molecule has 0 amide bonds. The normalized spacial score (nSPS) is 11.2. The molecule has 0 aliphatic heterocycles. The molecule has 9 nitrogen and oxygen atoms in total. The minimum absolute atomic E-state index is 0.0776. The highest BCUT2D eigenvalue weighted by atomic mass is 19.4. The molecule has 9 aromatic carbocycles. The highest BCUT2D eigenvalue weighted by Crippen LogP contribution is 2.47. The fourth-order valence-corrected chi connectivity index (χ4v) is 10.0. The van der Waals surface area contributed by atoms with Crippen molar-refractivity contribution in [2.24, 2.45) is 0 Å². The molecule has 12 heteroatoms. The molecule has 3 heterocycles. The van der Waals surface area contributed by atoms with Gasteiger partial charge in [0.2, 0.25) is 0 Å². The Balaban J connectivity index is 1.29. The summed E-state index contributed by atoms with van der Waals surface area (Å²) in [5.74, 6) is 0.537. The molecule has 0 radical (unpaired) electrons. The SMILES string of the molecule is N#Cc1cc(C#N)cc(-c2ccc3c4ccc(-c5cc(C#N)cc(C#N)c5)cc4n(-c4c(-c5cc(-c6ccccc6)nc(-c6ccccc6)n5)cc(C(F)(F)F)cc4-c4cc(-c5ccccc5)nc(-c5ccccc5)n4)c3c2)c1. The Morgan fingerprint density at radius 2 is 0.671 bits per heavy atom. The van der Waals surface area contributed by atoms with E-state index in [4.69, 9.17) is 19.9 Å². The molecular formula is C67H36F3N9. The van der Waals surface area contributed by atoms with E-state index in [0.717, 1.165) is 12.1 Å². The second-order valence-corrected chi connectivity index (χ2v) is 18.7. The van der Waals surface area contributed by atoms with Crippen LogP contribution in [-0.2, 0) is 6.18 Å². The molecule has 0 aliphatic rings. The van der Waals surface area contributed by atoms with Crippen molar-refractivity contribution in [1.29, 1.82) is 21.0 Å². The van der Waals surface area contributed by atoms with Gasteiger partial charge in [0.25, 0.3) is 0 Å². The third-order valence-corrected chi connectivity index (χ3v) is 13.7. The molecule has 3 aromatic heterocycles. The van der Waals surface area contributed by atoms with E-state index in [0.29, 0.717) is 77.7 Å². The number of fused-ring (bicyclic) bond motifs is 3. The molecule has 0 saturated heterocycles. The lowest BCUT2D eigenvalue weighted by atomic mass is 9.95. The summed E-state index contributed by atoms with van der Waals surface area (Å²) in [5.41, 5.74) is 7.84. The van der Waals surface area contributed by atoms with Gasteiger partial charge in [-0.15, -0.1) is 0 Å².